The molecule has 0 saturated carbocycles. The Morgan fingerprint density at radius 3 is 2.66 bits per heavy atom. The van der Waals surface area contributed by atoms with E-state index in [9.17, 15) is 13.2 Å². The van der Waals surface area contributed by atoms with E-state index in [1.54, 1.807) is 37.3 Å². The molecule has 2 aromatic carbocycles. The normalized spacial score (nSPS) is 11.7. The van der Waals surface area contributed by atoms with Crippen LogP contribution in [0.1, 0.15) is 23.0 Å². The largest absolute Gasteiger partial charge is 0.459 e. The van der Waals surface area contributed by atoms with Gasteiger partial charge < -0.3 is 14.2 Å². The minimum absolute atomic E-state index is 0.0214. The smallest absolute Gasteiger partial charge is 0.291 e. The Morgan fingerprint density at radius 1 is 1.14 bits per heavy atom. The van der Waals surface area contributed by atoms with Crippen molar-refractivity contribution < 1.29 is 22.0 Å². The van der Waals surface area contributed by atoms with Gasteiger partial charge in [0.2, 0.25) is 5.89 Å². The first kappa shape index (κ1) is 18.9. The van der Waals surface area contributed by atoms with E-state index < -0.39 is 9.84 Å². The molecule has 8 heteroatoms. The highest BCUT2D eigenvalue weighted by molar-refractivity contribution is 7.91. The van der Waals surface area contributed by atoms with Crippen molar-refractivity contribution in [2.24, 2.45) is 0 Å². The Balaban J connectivity index is 1.64. The van der Waals surface area contributed by atoms with E-state index in [1.165, 1.54) is 18.4 Å². The molecule has 4 rings (SSSR count). The van der Waals surface area contributed by atoms with Crippen molar-refractivity contribution in [2.75, 3.05) is 11.1 Å². The second kappa shape index (κ2) is 7.21. The van der Waals surface area contributed by atoms with Crippen molar-refractivity contribution in [3.63, 3.8) is 0 Å². The summed E-state index contributed by atoms with van der Waals surface area (Å²) in [5.74, 6) is 0.286. The summed E-state index contributed by atoms with van der Waals surface area (Å²) < 4.78 is 35.0. The number of fused-ring (bicyclic) bond motifs is 1. The van der Waals surface area contributed by atoms with Crippen molar-refractivity contribution in [3.05, 3.63) is 66.1 Å². The van der Waals surface area contributed by atoms with Crippen molar-refractivity contribution in [1.29, 1.82) is 0 Å². The maximum atomic E-state index is 12.2. The van der Waals surface area contributed by atoms with Gasteiger partial charge in [0.1, 0.15) is 5.52 Å². The molecule has 1 amide bonds. The number of aromatic nitrogens is 1. The summed E-state index contributed by atoms with van der Waals surface area (Å²) in [4.78, 5) is 16.8. The van der Waals surface area contributed by atoms with E-state index in [4.69, 9.17) is 8.83 Å². The van der Waals surface area contributed by atoms with Crippen LogP contribution in [0.15, 0.2) is 68.5 Å². The van der Waals surface area contributed by atoms with Crippen LogP contribution in [0.5, 0.6) is 0 Å². The molecule has 0 spiro atoms. The fourth-order valence-electron chi connectivity index (χ4n) is 2.92. The lowest BCUT2D eigenvalue weighted by atomic mass is 10.1. The Morgan fingerprint density at radius 2 is 1.97 bits per heavy atom. The van der Waals surface area contributed by atoms with Gasteiger partial charge in [-0.1, -0.05) is 6.92 Å². The molecule has 4 aromatic rings. The lowest BCUT2D eigenvalue weighted by molar-refractivity contribution is 0.0996. The summed E-state index contributed by atoms with van der Waals surface area (Å²) in [6.07, 6.45) is 1.44. The van der Waals surface area contributed by atoms with Crippen molar-refractivity contribution in [1.82, 2.24) is 4.98 Å². The Hall–Kier alpha value is -3.39. The number of oxazole rings is 1. The number of anilines is 1. The third-order valence-electron chi connectivity index (χ3n) is 4.56. The van der Waals surface area contributed by atoms with Gasteiger partial charge in [-0.2, -0.15) is 0 Å². The van der Waals surface area contributed by atoms with Gasteiger partial charge in [0.25, 0.3) is 5.91 Å². The zero-order chi connectivity index (χ0) is 20.6. The van der Waals surface area contributed by atoms with Crippen LogP contribution in [-0.2, 0) is 9.84 Å². The number of amides is 1. The zero-order valence-corrected chi connectivity index (χ0v) is 16.6. The molecule has 0 atom stereocenters. The topological polar surface area (TPSA) is 102 Å². The molecule has 2 aromatic heterocycles. The number of benzene rings is 2. The summed E-state index contributed by atoms with van der Waals surface area (Å²) in [6, 6.07) is 13.3. The quantitative estimate of drug-likeness (QED) is 0.522. The molecular weight excluding hydrogens is 392 g/mol. The number of rotatable bonds is 5. The van der Waals surface area contributed by atoms with Gasteiger partial charge in [-0.15, -0.1) is 0 Å². The van der Waals surface area contributed by atoms with E-state index in [1.807, 2.05) is 13.0 Å². The second-order valence-corrected chi connectivity index (χ2v) is 8.79. The van der Waals surface area contributed by atoms with Crippen LogP contribution in [0.25, 0.3) is 22.6 Å². The number of nitrogens with zero attached hydrogens (tertiary/aromatic N) is 1. The third-order valence-corrected chi connectivity index (χ3v) is 6.30. The predicted octanol–water partition coefficient (Wildman–Crippen LogP) is 4.44. The molecular formula is C21H18N2O5S. The Labute approximate surface area is 167 Å². The number of sulfone groups is 1. The molecule has 0 radical (unpaired) electrons. The van der Waals surface area contributed by atoms with Crippen LogP contribution >= 0.6 is 0 Å². The molecule has 0 aliphatic heterocycles. The first-order chi connectivity index (χ1) is 13.9. The number of hydrogen-bond acceptors (Lipinski definition) is 6. The van der Waals surface area contributed by atoms with E-state index in [0.717, 1.165) is 11.1 Å². The number of furan rings is 1. The number of aryl methyl sites for hydroxylation is 1. The summed E-state index contributed by atoms with van der Waals surface area (Å²) in [5, 5.41) is 2.80. The van der Waals surface area contributed by atoms with Crippen molar-refractivity contribution in [3.8, 4) is 11.5 Å². The summed E-state index contributed by atoms with van der Waals surface area (Å²) in [5.41, 5.74) is 3.15. The lowest BCUT2D eigenvalue weighted by Gasteiger charge is -2.08. The fourth-order valence-corrected chi connectivity index (χ4v) is 3.82. The van der Waals surface area contributed by atoms with Crippen LogP contribution < -0.4 is 5.32 Å². The molecule has 148 valence electrons. The van der Waals surface area contributed by atoms with Gasteiger partial charge in [-0.25, -0.2) is 13.4 Å². The second-order valence-electron chi connectivity index (χ2n) is 6.51. The number of carbonyl (C=O) groups is 1. The molecule has 0 saturated heterocycles. The first-order valence-electron chi connectivity index (χ1n) is 8.96. The Bertz CT molecular complexity index is 1300. The third kappa shape index (κ3) is 3.66. The zero-order valence-electron chi connectivity index (χ0n) is 15.8. The van der Waals surface area contributed by atoms with Crippen LogP contribution in [0.4, 0.5) is 5.69 Å². The highest BCUT2D eigenvalue weighted by atomic mass is 32.2. The molecule has 2 heterocycles. The average molecular weight is 410 g/mol. The summed E-state index contributed by atoms with van der Waals surface area (Å²) >= 11 is 0. The van der Waals surface area contributed by atoms with Crippen LogP contribution in [0.3, 0.4) is 0 Å². The van der Waals surface area contributed by atoms with Crippen molar-refractivity contribution in [2.45, 2.75) is 18.7 Å². The monoisotopic (exact) mass is 410 g/mol. The van der Waals surface area contributed by atoms with E-state index in [2.05, 4.69) is 10.3 Å². The maximum Gasteiger partial charge on any atom is 0.291 e. The Kier molecular flexibility index (Phi) is 4.71. The summed E-state index contributed by atoms with van der Waals surface area (Å²) in [6.45, 7) is 3.46. The standard InChI is InChI=1S/C21H18N2O5S/c1-3-29(25,26)15-7-9-18-17(12-15)23-21(28-18)14-6-8-16(13(2)11-14)22-20(24)19-5-4-10-27-19/h4-12H,3H2,1-2H3,(H,22,24). The van der Waals surface area contributed by atoms with E-state index in [-0.39, 0.29) is 22.3 Å². The predicted molar refractivity (Wildman–Crippen MR) is 109 cm³/mol. The average Bonchev–Trinajstić information content (AvgIpc) is 3.38. The molecule has 1 N–H and O–H groups in total. The van der Waals surface area contributed by atoms with Gasteiger partial charge in [0.15, 0.2) is 21.2 Å². The van der Waals surface area contributed by atoms with Gasteiger partial charge in [-0.3, -0.25) is 4.79 Å². The minimum atomic E-state index is -3.32. The molecule has 0 bridgehead atoms. The maximum absolute atomic E-state index is 12.2. The molecule has 7 nitrogen and oxygen atoms in total. The van der Waals surface area contributed by atoms with Gasteiger partial charge >= 0.3 is 0 Å². The highest BCUT2D eigenvalue weighted by Gasteiger charge is 2.16. The molecule has 0 aliphatic carbocycles. The molecule has 0 aliphatic rings. The number of nitrogens with one attached hydrogen (secondary N) is 1. The first-order valence-corrected chi connectivity index (χ1v) is 10.6. The number of hydrogen-bond donors (Lipinski definition) is 1. The minimum Gasteiger partial charge on any atom is -0.459 e. The molecule has 29 heavy (non-hydrogen) atoms. The van der Waals surface area contributed by atoms with Gasteiger partial charge in [0.05, 0.1) is 16.9 Å². The SMILES string of the molecule is CCS(=O)(=O)c1ccc2oc(-c3ccc(NC(=O)c4ccco4)c(C)c3)nc2c1. The highest BCUT2D eigenvalue weighted by Crippen LogP contribution is 2.29. The lowest BCUT2D eigenvalue weighted by Crippen LogP contribution is -2.11. The summed E-state index contributed by atoms with van der Waals surface area (Å²) in [7, 11) is -3.32. The van der Waals surface area contributed by atoms with Crippen molar-refractivity contribution >= 4 is 32.5 Å². The molecule has 0 unspecified atom stereocenters. The fraction of sp³-hybridized carbons (Fsp3) is 0.143. The number of carbonyl (C=O) groups excluding carboxylic acids is 1. The van der Waals surface area contributed by atoms with Crippen LogP contribution in [0, 0.1) is 6.92 Å². The van der Waals surface area contributed by atoms with E-state index >= 15 is 0 Å². The van der Waals surface area contributed by atoms with Gasteiger partial charge in [0, 0.05) is 11.3 Å². The van der Waals surface area contributed by atoms with E-state index in [0.29, 0.717) is 22.7 Å². The van der Waals surface area contributed by atoms with Crippen LogP contribution in [0.2, 0.25) is 0 Å². The van der Waals surface area contributed by atoms with Crippen LogP contribution in [-0.4, -0.2) is 25.1 Å². The van der Waals surface area contributed by atoms with Gasteiger partial charge in [-0.05, 0) is 61.0 Å². The molecule has 0 fully saturated rings.